The molecule has 7 rings (SSSR count). The van der Waals surface area contributed by atoms with Gasteiger partial charge in [0.1, 0.15) is 0 Å². The zero-order chi connectivity index (χ0) is 34.1. The van der Waals surface area contributed by atoms with E-state index in [1.165, 1.54) is 12.8 Å². The van der Waals surface area contributed by atoms with Gasteiger partial charge in [-0.3, -0.25) is 9.78 Å². The molecule has 2 aliphatic rings. The van der Waals surface area contributed by atoms with Gasteiger partial charge in [-0.15, -0.1) is 0 Å². The number of likely N-dealkylation sites (N-methyl/N-ethyl adjacent to an activating group) is 1. The standard InChI is InChI=1S/C38H46N10O/c1-24(2)33-23-41-48-36(33)44-37(43-28-20-29-13-14-30(21-28)47(29)5)45-38(48)40-22-26-9-6-7-10-31(26)35-32-15-12-27(19-25(32)16-17-39-35)42-34(49)11-8-18-46(3)4/h6-12,15-17,19,23-24,28-30H,13-14,18,20-22H2,1-5H3,(H,42,49)(H2,40,43,44,45)/b11-8+. The molecule has 49 heavy (non-hydrogen) atoms. The molecule has 2 aromatic carbocycles. The number of hydrogen-bond donors (Lipinski definition) is 3. The quantitative estimate of drug-likeness (QED) is 0.143. The second kappa shape index (κ2) is 13.9. The number of amides is 1. The molecular weight excluding hydrogens is 612 g/mol. The average molecular weight is 659 g/mol. The molecule has 2 aliphatic heterocycles. The van der Waals surface area contributed by atoms with Crippen molar-refractivity contribution >= 4 is 39.9 Å². The van der Waals surface area contributed by atoms with Gasteiger partial charge in [0.2, 0.25) is 17.8 Å². The van der Waals surface area contributed by atoms with Crippen LogP contribution in [0.4, 0.5) is 17.6 Å². The number of carbonyl (C=O) groups excluding carboxylic acids is 1. The number of hydrogen-bond acceptors (Lipinski definition) is 9. The summed E-state index contributed by atoms with van der Waals surface area (Å²) in [6.45, 7) is 5.56. The maximum atomic E-state index is 12.5. The van der Waals surface area contributed by atoms with Crippen LogP contribution in [-0.4, -0.2) is 86.1 Å². The first-order chi connectivity index (χ1) is 23.7. The van der Waals surface area contributed by atoms with Gasteiger partial charge in [0.15, 0.2) is 5.65 Å². The highest BCUT2D eigenvalue weighted by Crippen LogP contribution is 2.36. The second-order valence-corrected chi connectivity index (χ2v) is 14.0. The number of piperidine rings is 1. The van der Waals surface area contributed by atoms with Crippen molar-refractivity contribution in [2.75, 3.05) is 43.6 Å². The predicted molar refractivity (Wildman–Crippen MR) is 197 cm³/mol. The van der Waals surface area contributed by atoms with Crippen LogP contribution < -0.4 is 16.0 Å². The Labute approximate surface area is 287 Å². The Morgan fingerprint density at radius 3 is 2.63 bits per heavy atom. The van der Waals surface area contributed by atoms with E-state index in [0.29, 0.717) is 43.1 Å². The molecule has 2 bridgehead atoms. The molecule has 0 spiro atoms. The summed E-state index contributed by atoms with van der Waals surface area (Å²) >= 11 is 0. The van der Waals surface area contributed by atoms with E-state index in [2.05, 4.69) is 53.9 Å². The Bertz CT molecular complexity index is 1990. The van der Waals surface area contributed by atoms with Crippen LogP contribution in [0.1, 0.15) is 56.6 Å². The van der Waals surface area contributed by atoms with Crippen molar-refractivity contribution in [3.8, 4) is 11.3 Å². The van der Waals surface area contributed by atoms with Crippen molar-refractivity contribution in [1.82, 2.24) is 34.4 Å². The molecule has 3 N–H and O–H groups in total. The molecular formula is C38H46N10O. The number of rotatable bonds is 11. The molecule has 3 aromatic heterocycles. The number of aromatic nitrogens is 5. The first kappa shape index (κ1) is 32.7. The van der Waals surface area contributed by atoms with Gasteiger partial charge in [-0.25, -0.2) is 0 Å². The Kier molecular flexibility index (Phi) is 9.29. The van der Waals surface area contributed by atoms with E-state index in [1.807, 2.05) is 78.4 Å². The molecule has 11 nitrogen and oxygen atoms in total. The van der Waals surface area contributed by atoms with E-state index in [4.69, 9.17) is 20.1 Å². The van der Waals surface area contributed by atoms with E-state index >= 15 is 0 Å². The number of benzene rings is 2. The number of nitrogens with one attached hydrogen (secondary N) is 3. The van der Waals surface area contributed by atoms with Gasteiger partial charge < -0.3 is 25.8 Å². The van der Waals surface area contributed by atoms with E-state index < -0.39 is 0 Å². The topological polar surface area (TPSA) is 116 Å². The van der Waals surface area contributed by atoms with Gasteiger partial charge in [-0.05, 0) is 81.9 Å². The first-order valence-electron chi connectivity index (χ1n) is 17.3. The molecule has 254 valence electrons. The van der Waals surface area contributed by atoms with Crippen LogP contribution in [0.3, 0.4) is 0 Å². The van der Waals surface area contributed by atoms with E-state index in [9.17, 15) is 4.79 Å². The van der Waals surface area contributed by atoms with Gasteiger partial charge in [-0.1, -0.05) is 50.3 Å². The van der Waals surface area contributed by atoms with Gasteiger partial charge in [-0.2, -0.15) is 19.6 Å². The molecule has 5 aromatic rings. The molecule has 2 unspecified atom stereocenters. The summed E-state index contributed by atoms with van der Waals surface area (Å²) in [5.41, 5.74) is 5.65. The third kappa shape index (κ3) is 7.00. The van der Waals surface area contributed by atoms with Crippen LogP contribution in [0.15, 0.2) is 73.1 Å². The van der Waals surface area contributed by atoms with Gasteiger partial charge in [0.25, 0.3) is 0 Å². The molecule has 2 fully saturated rings. The average Bonchev–Trinajstić information content (AvgIpc) is 3.58. The van der Waals surface area contributed by atoms with Crippen LogP contribution in [0.2, 0.25) is 0 Å². The molecule has 1 amide bonds. The van der Waals surface area contributed by atoms with Crippen molar-refractivity contribution in [1.29, 1.82) is 0 Å². The minimum Gasteiger partial charge on any atom is -0.351 e. The second-order valence-electron chi connectivity index (χ2n) is 14.0. The van der Waals surface area contributed by atoms with Crippen molar-refractivity contribution in [2.24, 2.45) is 0 Å². The van der Waals surface area contributed by atoms with Crippen LogP contribution in [0.5, 0.6) is 0 Å². The van der Waals surface area contributed by atoms with Crippen LogP contribution >= 0.6 is 0 Å². The zero-order valence-electron chi connectivity index (χ0n) is 29.0. The highest BCUT2D eigenvalue weighted by Gasteiger charge is 2.38. The number of carbonyl (C=O) groups is 1. The van der Waals surface area contributed by atoms with Gasteiger partial charge in [0.05, 0.1) is 11.9 Å². The predicted octanol–water partition coefficient (Wildman–Crippen LogP) is 6.17. The largest absolute Gasteiger partial charge is 0.351 e. The lowest BCUT2D eigenvalue weighted by Crippen LogP contribution is -2.44. The van der Waals surface area contributed by atoms with Crippen LogP contribution in [0, 0.1) is 0 Å². The van der Waals surface area contributed by atoms with Crippen LogP contribution in [0.25, 0.3) is 27.7 Å². The van der Waals surface area contributed by atoms with Crippen molar-refractivity contribution in [2.45, 2.75) is 70.1 Å². The van der Waals surface area contributed by atoms with Crippen molar-refractivity contribution < 1.29 is 4.79 Å². The maximum absolute atomic E-state index is 12.5. The Hall–Kier alpha value is -4.87. The normalized spacial score (nSPS) is 19.4. The number of fused-ring (bicyclic) bond motifs is 4. The smallest absolute Gasteiger partial charge is 0.248 e. The summed E-state index contributed by atoms with van der Waals surface area (Å²) in [6.07, 6.45) is 11.9. The number of nitrogens with zero attached hydrogens (tertiary/aromatic N) is 7. The fourth-order valence-electron chi connectivity index (χ4n) is 7.30. The lowest BCUT2D eigenvalue weighted by atomic mass is 9.98. The zero-order valence-corrected chi connectivity index (χ0v) is 29.0. The number of anilines is 3. The highest BCUT2D eigenvalue weighted by molar-refractivity contribution is 6.02. The summed E-state index contributed by atoms with van der Waals surface area (Å²) in [5.74, 6) is 1.42. The molecule has 0 radical (unpaired) electrons. The monoisotopic (exact) mass is 658 g/mol. The Morgan fingerprint density at radius 1 is 1.06 bits per heavy atom. The summed E-state index contributed by atoms with van der Waals surface area (Å²) in [6, 6.07) is 17.8. The summed E-state index contributed by atoms with van der Waals surface area (Å²) in [5, 5.41) is 17.0. The van der Waals surface area contributed by atoms with Crippen molar-refractivity contribution in [3.63, 3.8) is 0 Å². The van der Waals surface area contributed by atoms with Crippen molar-refractivity contribution in [3.05, 3.63) is 84.2 Å². The molecule has 11 heteroatoms. The SMILES string of the molecule is CC(C)c1cnn2c(NCc3ccccc3-c3nccc4cc(NC(=O)/C=C/CN(C)C)ccc34)nc(NC3CC4CCC(C3)N4C)nc12. The maximum Gasteiger partial charge on any atom is 0.248 e. The lowest BCUT2D eigenvalue weighted by Gasteiger charge is -2.36. The molecule has 0 aliphatic carbocycles. The third-order valence-electron chi connectivity index (χ3n) is 9.93. The molecule has 0 saturated carbocycles. The number of pyridine rings is 1. The first-order valence-corrected chi connectivity index (χ1v) is 17.3. The van der Waals surface area contributed by atoms with Gasteiger partial charge >= 0.3 is 0 Å². The molecule has 2 atom stereocenters. The van der Waals surface area contributed by atoms with Crippen LogP contribution in [-0.2, 0) is 11.3 Å². The summed E-state index contributed by atoms with van der Waals surface area (Å²) < 4.78 is 1.82. The Balaban J connectivity index is 1.14. The van der Waals surface area contributed by atoms with E-state index in [-0.39, 0.29) is 11.8 Å². The highest BCUT2D eigenvalue weighted by atomic mass is 16.1. The van der Waals surface area contributed by atoms with E-state index in [1.54, 1.807) is 6.08 Å². The van der Waals surface area contributed by atoms with Gasteiger partial charge in [0, 0.05) is 65.7 Å². The lowest BCUT2D eigenvalue weighted by molar-refractivity contribution is -0.111. The summed E-state index contributed by atoms with van der Waals surface area (Å²) in [7, 11) is 6.20. The third-order valence-corrected chi connectivity index (χ3v) is 9.93. The molecule has 2 saturated heterocycles. The molecule has 5 heterocycles. The minimum absolute atomic E-state index is 0.153. The van der Waals surface area contributed by atoms with E-state index in [0.717, 1.165) is 57.3 Å². The minimum atomic E-state index is -0.153. The summed E-state index contributed by atoms with van der Waals surface area (Å²) in [4.78, 5) is 31.8. The Morgan fingerprint density at radius 2 is 1.86 bits per heavy atom. The fraction of sp³-hybridized carbons (Fsp3) is 0.395. The fourth-order valence-corrected chi connectivity index (χ4v) is 7.30.